The van der Waals surface area contributed by atoms with Crippen LogP contribution in [-0.4, -0.2) is 31.4 Å². The molecule has 0 aliphatic carbocycles. The summed E-state index contributed by atoms with van der Waals surface area (Å²) in [5.74, 6) is -4.78. The molecule has 1 heterocycles. The average Bonchev–Trinajstić information content (AvgIpc) is 2.61. The third-order valence-electron chi connectivity index (χ3n) is 4.45. The topological polar surface area (TPSA) is 70.2 Å². The van der Waals surface area contributed by atoms with Crippen LogP contribution in [0.25, 0.3) is 0 Å². The minimum atomic E-state index is -1.65. The number of anilines is 1. The zero-order valence-electron chi connectivity index (χ0n) is 14.4. The molecule has 1 fully saturated rings. The van der Waals surface area contributed by atoms with E-state index in [1.54, 1.807) is 0 Å². The molecule has 3 N–H and O–H groups in total. The van der Waals surface area contributed by atoms with Gasteiger partial charge in [0.15, 0.2) is 17.5 Å². The lowest BCUT2D eigenvalue weighted by Crippen LogP contribution is -2.36. The van der Waals surface area contributed by atoms with E-state index in [-0.39, 0.29) is 30.8 Å². The number of amides is 2. The molecule has 26 heavy (non-hydrogen) atoms. The first-order valence-corrected chi connectivity index (χ1v) is 8.29. The van der Waals surface area contributed by atoms with Crippen LogP contribution in [-0.2, 0) is 9.59 Å². The molecule has 0 aromatic heterocycles. The number of carbonyl (C=O) groups excluding carboxylic acids is 2. The largest absolute Gasteiger partial charge is 0.347 e. The highest BCUT2D eigenvalue weighted by Gasteiger charge is 2.22. The monoisotopic (exact) mass is 393 g/mol. The molecule has 0 radical (unpaired) electrons. The average molecular weight is 394 g/mol. The van der Waals surface area contributed by atoms with Gasteiger partial charge in [0.1, 0.15) is 0 Å². The Balaban J connectivity index is 0.00000338. The summed E-state index contributed by atoms with van der Waals surface area (Å²) in [4.78, 5) is 23.7. The summed E-state index contributed by atoms with van der Waals surface area (Å²) in [6.07, 6.45) is 2.34. The molecule has 0 bridgehead atoms. The Hall–Kier alpha value is -1.80. The number of rotatable bonds is 6. The lowest BCUT2D eigenvalue weighted by Gasteiger charge is -2.27. The van der Waals surface area contributed by atoms with E-state index in [1.807, 2.05) is 6.92 Å². The zero-order chi connectivity index (χ0) is 18.4. The second kappa shape index (κ2) is 10.4. The molecule has 1 unspecified atom stereocenters. The van der Waals surface area contributed by atoms with Crippen molar-refractivity contribution in [2.45, 2.75) is 26.2 Å². The van der Waals surface area contributed by atoms with Crippen molar-refractivity contribution in [3.05, 3.63) is 29.6 Å². The van der Waals surface area contributed by atoms with Crippen molar-refractivity contribution >= 4 is 29.9 Å². The molecule has 1 atom stereocenters. The quantitative estimate of drug-likeness (QED) is 0.651. The molecule has 1 aliphatic heterocycles. The number of nitrogens with one attached hydrogen (secondary N) is 3. The molecule has 146 valence electrons. The standard InChI is InChI=1S/C17H22F3N3O2.ClH/c1-10(11-4-6-21-7-5-11)8-14(24)22-9-15(25)23-13-3-2-12(18)16(19)17(13)20;/h2-3,10-11,21H,4-9H2,1H3,(H,22,24)(H,23,25);1H. The van der Waals surface area contributed by atoms with Gasteiger partial charge < -0.3 is 16.0 Å². The van der Waals surface area contributed by atoms with Crippen molar-refractivity contribution in [3.8, 4) is 0 Å². The summed E-state index contributed by atoms with van der Waals surface area (Å²) in [6, 6.07) is 1.64. The number of hydrogen-bond donors (Lipinski definition) is 3. The van der Waals surface area contributed by atoms with Crippen molar-refractivity contribution in [1.29, 1.82) is 0 Å². The predicted octanol–water partition coefficient (Wildman–Crippen LogP) is 2.61. The van der Waals surface area contributed by atoms with Gasteiger partial charge in [-0.05, 0) is 49.9 Å². The van der Waals surface area contributed by atoms with E-state index >= 15 is 0 Å². The second-order valence-electron chi connectivity index (χ2n) is 6.32. The summed E-state index contributed by atoms with van der Waals surface area (Å²) < 4.78 is 39.4. The Morgan fingerprint density at radius 3 is 2.46 bits per heavy atom. The third-order valence-corrected chi connectivity index (χ3v) is 4.45. The first-order valence-electron chi connectivity index (χ1n) is 8.29. The van der Waals surface area contributed by atoms with Gasteiger partial charge in [-0.2, -0.15) is 0 Å². The highest BCUT2D eigenvalue weighted by Crippen LogP contribution is 2.24. The minimum Gasteiger partial charge on any atom is -0.347 e. The molecule has 0 spiro atoms. The van der Waals surface area contributed by atoms with Gasteiger partial charge in [-0.1, -0.05) is 6.92 Å². The summed E-state index contributed by atoms with van der Waals surface area (Å²) in [5, 5.41) is 7.83. The van der Waals surface area contributed by atoms with Crippen LogP contribution in [0.1, 0.15) is 26.2 Å². The Morgan fingerprint density at radius 1 is 1.15 bits per heavy atom. The fraction of sp³-hybridized carbons (Fsp3) is 0.529. The first kappa shape index (κ1) is 22.2. The normalized spacial score (nSPS) is 15.7. The van der Waals surface area contributed by atoms with Gasteiger partial charge in [0.25, 0.3) is 0 Å². The SMILES string of the molecule is CC(CC(=O)NCC(=O)Nc1ccc(F)c(F)c1F)C1CCNCC1.Cl. The maximum absolute atomic E-state index is 13.5. The van der Waals surface area contributed by atoms with Crippen LogP contribution < -0.4 is 16.0 Å². The Labute approximate surface area is 156 Å². The van der Waals surface area contributed by atoms with Crippen LogP contribution in [0.15, 0.2) is 12.1 Å². The smallest absolute Gasteiger partial charge is 0.243 e. The summed E-state index contributed by atoms with van der Waals surface area (Å²) in [7, 11) is 0. The zero-order valence-corrected chi connectivity index (χ0v) is 15.2. The maximum atomic E-state index is 13.5. The maximum Gasteiger partial charge on any atom is 0.243 e. The number of halogens is 4. The molecular weight excluding hydrogens is 371 g/mol. The molecule has 2 rings (SSSR count). The molecular formula is C17H23ClF3N3O2. The van der Waals surface area contributed by atoms with Crippen LogP contribution in [0.4, 0.5) is 18.9 Å². The van der Waals surface area contributed by atoms with E-state index in [0.717, 1.165) is 32.0 Å². The minimum absolute atomic E-state index is 0. The van der Waals surface area contributed by atoms with Crippen molar-refractivity contribution in [2.75, 3.05) is 25.0 Å². The van der Waals surface area contributed by atoms with Gasteiger partial charge in [0.2, 0.25) is 11.8 Å². The van der Waals surface area contributed by atoms with E-state index < -0.39 is 29.0 Å². The first-order chi connectivity index (χ1) is 11.9. The van der Waals surface area contributed by atoms with Gasteiger partial charge in [0, 0.05) is 6.42 Å². The van der Waals surface area contributed by atoms with Crippen molar-refractivity contribution in [2.24, 2.45) is 11.8 Å². The molecule has 1 aromatic carbocycles. The van der Waals surface area contributed by atoms with Gasteiger partial charge in [-0.3, -0.25) is 9.59 Å². The number of carbonyl (C=O) groups is 2. The molecule has 0 saturated carbocycles. The van der Waals surface area contributed by atoms with Gasteiger partial charge in [0.05, 0.1) is 12.2 Å². The van der Waals surface area contributed by atoms with Gasteiger partial charge in [-0.15, -0.1) is 12.4 Å². The summed E-state index contributed by atoms with van der Waals surface area (Å²) >= 11 is 0. The fourth-order valence-corrected chi connectivity index (χ4v) is 2.94. The van der Waals surface area contributed by atoms with Gasteiger partial charge >= 0.3 is 0 Å². The molecule has 1 aromatic rings. The van der Waals surface area contributed by atoms with Crippen LogP contribution in [0.2, 0.25) is 0 Å². The number of piperidine rings is 1. The summed E-state index contributed by atoms with van der Waals surface area (Å²) in [5.41, 5.74) is -0.471. The highest BCUT2D eigenvalue weighted by molar-refractivity contribution is 5.94. The number of benzene rings is 1. The Kier molecular flexibility index (Phi) is 8.87. The molecule has 5 nitrogen and oxygen atoms in total. The lowest BCUT2D eigenvalue weighted by atomic mass is 9.84. The van der Waals surface area contributed by atoms with Crippen LogP contribution in [0.3, 0.4) is 0 Å². The van der Waals surface area contributed by atoms with E-state index in [2.05, 4.69) is 16.0 Å². The molecule has 1 saturated heterocycles. The Bertz CT molecular complexity index is 640. The third kappa shape index (κ3) is 6.17. The van der Waals surface area contributed by atoms with E-state index in [4.69, 9.17) is 0 Å². The molecule has 2 amide bonds. The molecule has 9 heteroatoms. The second-order valence-corrected chi connectivity index (χ2v) is 6.32. The van der Waals surface area contributed by atoms with Crippen molar-refractivity contribution in [1.82, 2.24) is 10.6 Å². The van der Waals surface area contributed by atoms with Crippen LogP contribution in [0, 0.1) is 29.3 Å². The van der Waals surface area contributed by atoms with Crippen molar-refractivity contribution < 1.29 is 22.8 Å². The highest BCUT2D eigenvalue weighted by atomic mass is 35.5. The lowest BCUT2D eigenvalue weighted by molar-refractivity contribution is -0.125. The molecule has 1 aliphatic rings. The van der Waals surface area contributed by atoms with Crippen molar-refractivity contribution in [3.63, 3.8) is 0 Å². The van der Waals surface area contributed by atoms with E-state index in [1.165, 1.54) is 0 Å². The predicted molar refractivity (Wildman–Crippen MR) is 94.6 cm³/mol. The Morgan fingerprint density at radius 2 is 1.81 bits per heavy atom. The fourth-order valence-electron chi connectivity index (χ4n) is 2.94. The number of hydrogen-bond acceptors (Lipinski definition) is 3. The van der Waals surface area contributed by atoms with E-state index in [0.29, 0.717) is 18.4 Å². The van der Waals surface area contributed by atoms with E-state index in [9.17, 15) is 22.8 Å². The van der Waals surface area contributed by atoms with Crippen LogP contribution in [0.5, 0.6) is 0 Å². The summed E-state index contributed by atoms with van der Waals surface area (Å²) in [6.45, 7) is 3.53. The van der Waals surface area contributed by atoms with Gasteiger partial charge in [-0.25, -0.2) is 13.2 Å². The van der Waals surface area contributed by atoms with Crippen LogP contribution >= 0.6 is 12.4 Å².